The molecule has 164 valence electrons. The topological polar surface area (TPSA) is 120 Å². The van der Waals surface area contributed by atoms with Crippen LogP contribution in [0.3, 0.4) is 0 Å². The molecule has 9 nitrogen and oxygen atoms in total. The van der Waals surface area contributed by atoms with E-state index in [2.05, 4.69) is 4.98 Å². The molecule has 2 aromatic carbocycles. The van der Waals surface area contributed by atoms with Crippen LogP contribution in [0.2, 0.25) is 0 Å². The first-order valence-electron chi connectivity index (χ1n) is 10.5. The maximum Gasteiger partial charge on any atom is 0.269 e. The second kappa shape index (κ2) is 7.76. The fraction of sp³-hybridized carbons (Fsp3) is 0.304. The molecule has 3 heterocycles. The second-order valence-corrected chi connectivity index (χ2v) is 8.18. The number of para-hydroxylation sites is 1. The third-order valence-electron chi connectivity index (χ3n) is 6.33. The lowest BCUT2D eigenvalue weighted by atomic mass is 9.86. The summed E-state index contributed by atoms with van der Waals surface area (Å²) in [4.78, 5) is 44.1. The Hall–Kier alpha value is -3.72. The number of aliphatic hydroxyl groups is 1. The molecule has 1 fully saturated rings. The van der Waals surface area contributed by atoms with Crippen LogP contribution in [0.25, 0.3) is 10.9 Å². The van der Waals surface area contributed by atoms with Crippen molar-refractivity contribution in [3.05, 3.63) is 75.5 Å². The van der Waals surface area contributed by atoms with Crippen LogP contribution in [0, 0.1) is 10.1 Å². The molecule has 9 heteroatoms. The number of fused-ring (bicyclic) bond motifs is 4. The number of aromatic amines is 1. The smallest absolute Gasteiger partial charge is 0.269 e. The molecule has 2 aliphatic heterocycles. The first-order valence-corrected chi connectivity index (χ1v) is 10.5. The molecular weight excluding hydrogens is 412 g/mol. The molecule has 0 aliphatic carbocycles. The lowest BCUT2D eigenvalue weighted by molar-refractivity contribution is -0.384. The van der Waals surface area contributed by atoms with Crippen LogP contribution in [-0.2, 0) is 16.0 Å². The van der Waals surface area contributed by atoms with Gasteiger partial charge in [0, 0.05) is 48.3 Å². The molecule has 2 amide bonds. The minimum Gasteiger partial charge on any atom is -0.396 e. The zero-order valence-corrected chi connectivity index (χ0v) is 17.2. The number of non-ortho nitro benzene ring substituents is 1. The van der Waals surface area contributed by atoms with E-state index in [1.165, 1.54) is 17.0 Å². The Morgan fingerprint density at radius 2 is 1.97 bits per heavy atom. The maximum atomic E-state index is 13.4. The van der Waals surface area contributed by atoms with Crippen molar-refractivity contribution >= 4 is 28.4 Å². The lowest BCUT2D eigenvalue weighted by Crippen LogP contribution is -2.63. The Labute approximate surface area is 183 Å². The minimum atomic E-state index is -0.703. The summed E-state index contributed by atoms with van der Waals surface area (Å²) < 4.78 is 0. The highest BCUT2D eigenvalue weighted by Crippen LogP contribution is 2.43. The fourth-order valence-corrected chi connectivity index (χ4v) is 4.93. The van der Waals surface area contributed by atoms with Crippen LogP contribution in [0.1, 0.15) is 29.3 Å². The molecule has 0 bridgehead atoms. The van der Waals surface area contributed by atoms with Crippen molar-refractivity contribution in [2.75, 3.05) is 19.7 Å². The highest BCUT2D eigenvalue weighted by atomic mass is 16.6. The van der Waals surface area contributed by atoms with Crippen LogP contribution in [0.4, 0.5) is 5.69 Å². The molecule has 1 aromatic heterocycles. The van der Waals surface area contributed by atoms with Crippen LogP contribution >= 0.6 is 0 Å². The van der Waals surface area contributed by atoms with Gasteiger partial charge in [-0.3, -0.25) is 19.7 Å². The molecule has 1 saturated heterocycles. The Kier molecular flexibility index (Phi) is 4.90. The third kappa shape index (κ3) is 3.13. The van der Waals surface area contributed by atoms with Gasteiger partial charge in [-0.15, -0.1) is 0 Å². The molecule has 3 aromatic rings. The summed E-state index contributed by atoms with van der Waals surface area (Å²) in [5.41, 5.74) is 3.14. The van der Waals surface area contributed by atoms with Gasteiger partial charge in [0.05, 0.1) is 17.5 Å². The van der Waals surface area contributed by atoms with Crippen LogP contribution in [0.15, 0.2) is 48.5 Å². The molecule has 0 spiro atoms. The average Bonchev–Trinajstić information content (AvgIpc) is 3.17. The standard InChI is InChI=1S/C23H22N4O5/c28-10-4-9-25-13-20(29)26-19(23(25)30)12-17-16-7-1-2-8-18(16)24-21(17)22(26)14-5-3-6-15(11-14)27(31)32/h1-3,5-8,11,19,22,24,28H,4,9-10,12-13H2/t19-,22-/m1/s1. The van der Waals surface area contributed by atoms with Crippen LogP contribution in [-0.4, -0.2) is 62.4 Å². The van der Waals surface area contributed by atoms with E-state index in [1.54, 1.807) is 17.0 Å². The van der Waals surface area contributed by atoms with Gasteiger partial charge in [-0.2, -0.15) is 0 Å². The number of rotatable bonds is 5. The average molecular weight is 434 g/mol. The number of piperazine rings is 1. The van der Waals surface area contributed by atoms with Crippen molar-refractivity contribution in [3.8, 4) is 0 Å². The first kappa shape index (κ1) is 20.2. The van der Waals surface area contributed by atoms with Crippen LogP contribution in [0.5, 0.6) is 0 Å². The van der Waals surface area contributed by atoms with Crippen molar-refractivity contribution in [3.63, 3.8) is 0 Å². The van der Waals surface area contributed by atoms with Gasteiger partial charge in [0.25, 0.3) is 5.69 Å². The SMILES string of the molecule is O=C1[C@H]2Cc3c([nH]c4ccccc34)[C@@H](c3cccc([N+](=O)[O-])c3)N2C(=O)CN1CCCO. The monoisotopic (exact) mass is 434 g/mol. The van der Waals surface area contributed by atoms with Crippen LogP contribution < -0.4 is 0 Å². The van der Waals surface area contributed by atoms with Gasteiger partial charge in [0.15, 0.2) is 0 Å². The third-order valence-corrected chi connectivity index (χ3v) is 6.33. The van der Waals surface area contributed by atoms with Crippen molar-refractivity contribution in [2.45, 2.75) is 24.9 Å². The second-order valence-electron chi connectivity index (χ2n) is 8.18. The normalized spacial score (nSPS) is 20.4. The van der Waals surface area contributed by atoms with Crippen molar-refractivity contribution in [1.82, 2.24) is 14.8 Å². The van der Waals surface area contributed by atoms with Gasteiger partial charge in [-0.25, -0.2) is 0 Å². The molecule has 0 radical (unpaired) electrons. The number of H-pyrrole nitrogens is 1. The number of aromatic nitrogens is 1. The van der Waals surface area contributed by atoms with E-state index in [0.29, 0.717) is 24.9 Å². The number of benzene rings is 2. The molecule has 2 aliphatic rings. The molecule has 32 heavy (non-hydrogen) atoms. The highest BCUT2D eigenvalue weighted by Gasteiger charge is 2.48. The van der Waals surface area contributed by atoms with Gasteiger partial charge in [0.1, 0.15) is 6.04 Å². The van der Waals surface area contributed by atoms with E-state index in [9.17, 15) is 24.8 Å². The number of nitro groups is 1. The summed E-state index contributed by atoms with van der Waals surface area (Å²) in [6.45, 7) is 0.180. The fourth-order valence-electron chi connectivity index (χ4n) is 4.93. The summed E-state index contributed by atoms with van der Waals surface area (Å²) in [7, 11) is 0. The predicted octanol–water partition coefficient (Wildman–Crippen LogP) is 2.14. The number of nitrogens with zero attached hydrogens (tertiary/aromatic N) is 3. The molecular formula is C23H22N4O5. The molecule has 0 saturated carbocycles. The van der Waals surface area contributed by atoms with E-state index in [1.807, 2.05) is 24.3 Å². The van der Waals surface area contributed by atoms with E-state index in [4.69, 9.17) is 0 Å². The Bertz CT molecular complexity index is 1240. The lowest BCUT2D eigenvalue weighted by Gasteiger charge is -2.47. The van der Waals surface area contributed by atoms with Gasteiger partial charge < -0.3 is 19.9 Å². The Morgan fingerprint density at radius 3 is 2.75 bits per heavy atom. The van der Waals surface area contributed by atoms with E-state index in [-0.39, 0.29) is 30.7 Å². The van der Waals surface area contributed by atoms with E-state index < -0.39 is 17.0 Å². The number of nitro benzene ring substituents is 1. The van der Waals surface area contributed by atoms with Crippen molar-refractivity contribution < 1.29 is 19.6 Å². The predicted molar refractivity (Wildman–Crippen MR) is 116 cm³/mol. The van der Waals surface area contributed by atoms with E-state index in [0.717, 1.165) is 22.2 Å². The largest absolute Gasteiger partial charge is 0.396 e. The molecule has 2 N–H and O–H groups in total. The summed E-state index contributed by atoms with van der Waals surface area (Å²) in [5.74, 6) is -0.377. The zero-order chi connectivity index (χ0) is 22.4. The molecule has 0 unspecified atom stereocenters. The number of hydrogen-bond donors (Lipinski definition) is 2. The summed E-state index contributed by atoms with van der Waals surface area (Å²) in [6, 6.07) is 12.7. The quantitative estimate of drug-likeness (QED) is 0.471. The van der Waals surface area contributed by atoms with E-state index >= 15 is 0 Å². The Morgan fingerprint density at radius 1 is 1.16 bits per heavy atom. The maximum absolute atomic E-state index is 13.4. The van der Waals surface area contributed by atoms with Crippen molar-refractivity contribution in [2.24, 2.45) is 0 Å². The van der Waals surface area contributed by atoms with Crippen molar-refractivity contribution in [1.29, 1.82) is 0 Å². The number of carbonyl (C=O) groups is 2. The highest BCUT2D eigenvalue weighted by molar-refractivity contribution is 5.97. The number of aliphatic hydroxyl groups excluding tert-OH is 1. The minimum absolute atomic E-state index is 0.0603. The zero-order valence-electron chi connectivity index (χ0n) is 17.2. The summed E-state index contributed by atoms with van der Waals surface area (Å²) in [6.07, 6.45) is 0.767. The number of nitrogens with one attached hydrogen (secondary N) is 1. The number of carbonyl (C=O) groups excluding carboxylic acids is 2. The molecule has 2 atom stereocenters. The molecule has 5 rings (SSSR count). The Balaban J connectivity index is 1.68. The van der Waals surface area contributed by atoms with Gasteiger partial charge in [0.2, 0.25) is 11.8 Å². The summed E-state index contributed by atoms with van der Waals surface area (Å²) >= 11 is 0. The summed E-state index contributed by atoms with van der Waals surface area (Å²) in [5, 5.41) is 21.5. The van der Waals surface area contributed by atoms with Gasteiger partial charge in [-0.1, -0.05) is 30.3 Å². The van der Waals surface area contributed by atoms with Gasteiger partial charge in [-0.05, 0) is 23.6 Å². The first-order chi connectivity index (χ1) is 15.5. The number of amides is 2. The van der Waals surface area contributed by atoms with Gasteiger partial charge >= 0.3 is 0 Å². The number of hydrogen-bond acceptors (Lipinski definition) is 5.